The smallest absolute Gasteiger partial charge is 0.310 e. The summed E-state index contributed by atoms with van der Waals surface area (Å²) >= 11 is 0. The summed E-state index contributed by atoms with van der Waals surface area (Å²) < 4.78 is 66.1. The first-order valence-corrected chi connectivity index (χ1v) is 10.4. The molecule has 0 nitrogen and oxygen atoms in total. The van der Waals surface area contributed by atoms with Crippen LogP contribution in [0.5, 0.6) is 0 Å². The van der Waals surface area contributed by atoms with Gasteiger partial charge >= 0.3 is 6.18 Å². The van der Waals surface area contributed by atoms with E-state index in [9.17, 15) is 22.0 Å². The minimum atomic E-state index is -4.70. The summed E-state index contributed by atoms with van der Waals surface area (Å²) in [7, 11) is 0. The van der Waals surface area contributed by atoms with E-state index >= 15 is 0 Å². The molecule has 0 N–H and O–H groups in total. The van der Waals surface area contributed by atoms with Crippen LogP contribution in [-0.4, -0.2) is 18.5 Å². The Hall–Kier alpha value is 0.314. The Labute approximate surface area is 191 Å². The molecule has 0 aromatic carbocycles. The fourth-order valence-corrected chi connectivity index (χ4v) is 5.13. The van der Waals surface area contributed by atoms with E-state index in [4.69, 9.17) is 0 Å². The van der Waals surface area contributed by atoms with Gasteiger partial charge in [-0.15, -0.1) is 11.8 Å². The molecular formula is C22H30F5Y-. The average Bonchev–Trinajstić information content (AvgIpc) is 2.63. The van der Waals surface area contributed by atoms with Crippen LogP contribution in [0.25, 0.3) is 0 Å². The van der Waals surface area contributed by atoms with Gasteiger partial charge in [0.15, 0.2) is 0 Å². The van der Waals surface area contributed by atoms with Gasteiger partial charge in [-0.05, 0) is 56.3 Å². The summed E-state index contributed by atoms with van der Waals surface area (Å²) in [5, 5.41) is 0. The van der Waals surface area contributed by atoms with Crippen LogP contribution in [-0.2, 0) is 32.7 Å². The molecule has 0 aliphatic heterocycles. The summed E-state index contributed by atoms with van der Waals surface area (Å²) in [5.74, 6) is 5.16. The molecule has 3 aliphatic carbocycles. The van der Waals surface area contributed by atoms with Crippen molar-refractivity contribution in [2.24, 2.45) is 35.5 Å². The number of hydrogen-bond acceptors (Lipinski definition) is 0. The largest absolute Gasteiger partial charge is 0.392 e. The van der Waals surface area contributed by atoms with Gasteiger partial charge in [-0.1, -0.05) is 25.7 Å². The number of rotatable bonds is 1. The monoisotopic (exact) mass is 478 g/mol. The summed E-state index contributed by atoms with van der Waals surface area (Å²) in [6, 6.07) is 0. The fourth-order valence-electron chi connectivity index (χ4n) is 5.13. The molecule has 0 aromatic heterocycles. The van der Waals surface area contributed by atoms with Gasteiger partial charge in [-0.3, -0.25) is 0 Å². The van der Waals surface area contributed by atoms with Crippen molar-refractivity contribution in [2.75, 3.05) is 0 Å². The van der Waals surface area contributed by atoms with Crippen molar-refractivity contribution < 1.29 is 54.7 Å². The Kier molecular flexibility index (Phi) is 9.27. The van der Waals surface area contributed by atoms with Crippen LogP contribution in [0.4, 0.5) is 22.0 Å². The van der Waals surface area contributed by atoms with Gasteiger partial charge in [0.25, 0.3) is 0 Å². The first-order valence-electron chi connectivity index (χ1n) is 10.4. The van der Waals surface area contributed by atoms with Gasteiger partial charge in [-0.25, -0.2) is 8.78 Å². The van der Waals surface area contributed by atoms with E-state index < -0.39 is 36.8 Å². The van der Waals surface area contributed by atoms with E-state index in [1.807, 2.05) is 0 Å². The van der Waals surface area contributed by atoms with Crippen molar-refractivity contribution in [1.29, 1.82) is 0 Å². The summed E-state index contributed by atoms with van der Waals surface area (Å²) in [4.78, 5) is 0. The first kappa shape index (κ1) is 24.6. The standard InChI is InChI=1S/C22H30F5.Y/c1-14-2-7-16(8-3-14)17-9-4-15(5-10-17)6-11-18-12-13-19(22(25,26)27)21(24)20(18)23;/h12,14-21H,2-5,7-10,13H2,1H3;/q-1;. The second-order valence-electron chi connectivity index (χ2n) is 8.95. The van der Waals surface area contributed by atoms with Crippen LogP contribution in [0.2, 0.25) is 0 Å². The molecule has 0 amide bonds. The molecule has 4 unspecified atom stereocenters. The number of alkyl halides is 5. The molecule has 3 fully saturated rings. The molecule has 0 aromatic rings. The average molecular weight is 478 g/mol. The van der Waals surface area contributed by atoms with Crippen LogP contribution in [0.3, 0.4) is 0 Å². The molecule has 3 saturated carbocycles. The van der Waals surface area contributed by atoms with Gasteiger partial charge in [0, 0.05) is 38.6 Å². The minimum absolute atomic E-state index is 0. The summed E-state index contributed by atoms with van der Waals surface area (Å²) in [5.41, 5.74) is 0. The van der Waals surface area contributed by atoms with Crippen molar-refractivity contribution in [3.05, 3.63) is 6.42 Å². The summed E-state index contributed by atoms with van der Waals surface area (Å²) in [6.07, 6.45) is 0.828. The molecule has 3 aliphatic rings. The second-order valence-corrected chi connectivity index (χ2v) is 8.95. The van der Waals surface area contributed by atoms with Gasteiger partial charge in [-0.2, -0.15) is 19.6 Å². The Morgan fingerprint density at radius 3 is 1.86 bits per heavy atom. The molecular weight excluding hydrogens is 448 g/mol. The fraction of sp³-hybridized carbons (Fsp3) is 0.864. The Bertz CT molecular complexity index is 535. The third-order valence-electron chi connectivity index (χ3n) is 7.05. The topological polar surface area (TPSA) is 0 Å². The normalized spacial score (nSPS) is 42.1. The summed E-state index contributed by atoms with van der Waals surface area (Å²) in [6.45, 7) is 2.32. The van der Waals surface area contributed by atoms with E-state index in [0.29, 0.717) is 0 Å². The molecule has 3 rings (SSSR count). The van der Waals surface area contributed by atoms with Gasteiger partial charge < -0.3 is 6.42 Å². The quantitative estimate of drug-likeness (QED) is 0.224. The van der Waals surface area contributed by atoms with E-state index in [-0.39, 0.29) is 38.6 Å². The van der Waals surface area contributed by atoms with Crippen LogP contribution >= 0.6 is 0 Å². The molecule has 28 heavy (non-hydrogen) atoms. The van der Waals surface area contributed by atoms with Crippen molar-refractivity contribution >= 4 is 0 Å². The minimum Gasteiger partial charge on any atom is -0.310 e. The van der Waals surface area contributed by atoms with Crippen molar-refractivity contribution in [3.8, 4) is 11.8 Å². The van der Waals surface area contributed by atoms with Crippen molar-refractivity contribution in [1.82, 2.24) is 0 Å². The van der Waals surface area contributed by atoms with Crippen LogP contribution in [0.15, 0.2) is 0 Å². The van der Waals surface area contributed by atoms with E-state index in [1.54, 1.807) is 0 Å². The van der Waals surface area contributed by atoms with E-state index in [1.165, 1.54) is 32.1 Å². The van der Waals surface area contributed by atoms with Gasteiger partial charge in [0.05, 0.1) is 5.92 Å². The van der Waals surface area contributed by atoms with Crippen LogP contribution in [0.1, 0.15) is 64.7 Å². The third-order valence-corrected chi connectivity index (χ3v) is 7.05. The first-order chi connectivity index (χ1) is 12.8. The molecule has 4 atom stereocenters. The predicted molar refractivity (Wildman–Crippen MR) is 96.1 cm³/mol. The molecule has 0 heterocycles. The molecule has 157 valence electrons. The molecule has 0 spiro atoms. The zero-order valence-electron chi connectivity index (χ0n) is 16.5. The maximum absolute atomic E-state index is 14.1. The Balaban J connectivity index is 0.00000280. The SMILES string of the molecule is CC1CCC(C2CCC(C#CC3[CH-]CC(C(F)(F)F)C(F)C3F)CC2)CC1.[Y]. The van der Waals surface area contributed by atoms with Crippen LogP contribution in [0, 0.1) is 53.8 Å². The second kappa shape index (κ2) is 10.6. The van der Waals surface area contributed by atoms with Gasteiger partial charge in [0.2, 0.25) is 0 Å². The molecule has 0 saturated heterocycles. The number of halogens is 5. The predicted octanol–water partition coefficient (Wildman–Crippen LogP) is 6.70. The third kappa shape index (κ3) is 6.16. The van der Waals surface area contributed by atoms with E-state index in [0.717, 1.165) is 43.4 Å². The Morgan fingerprint density at radius 2 is 1.32 bits per heavy atom. The molecule has 6 heteroatoms. The maximum atomic E-state index is 14.1. The number of hydrogen-bond donors (Lipinski definition) is 0. The van der Waals surface area contributed by atoms with Crippen LogP contribution < -0.4 is 0 Å². The zero-order chi connectivity index (χ0) is 19.6. The molecule has 1 radical (unpaired) electrons. The zero-order valence-corrected chi connectivity index (χ0v) is 19.4. The van der Waals surface area contributed by atoms with Crippen molar-refractivity contribution in [3.63, 3.8) is 0 Å². The van der Waals surface area contributed by atoms with E-state index in [2.05, 4.69) is 18.8 Å². The van der Waals surface area contributed by atoms with Crippen molar-refractivity contribution in [2.45, 2.75) is 83.2 Å². The van der Waals surface area contributed by atoms with Gasteiger partial charge in [0.1, 0.15) is 12.3 Å². The Morgan fingerprint density at radius 1 is 0.786 bits per heavy atom. The molecule has 0 bridgehead atoms. The maximum Gasteiger partial charge on any atom is 0.392 e.